The summed E-state index contributed by atoms with van der Waals surface area (Å²) in [6.45, 7) is 8.19. The summed E-state index contributed by atoms with van der Waals surface area (Å²) in [7, 11) is 0. The van der Waals surface area contributed by atoms with Crippen molar-refractivity contribution in [2.45, 2.75) is 32.7 Å². The third kappa shape index (κ3) is 5.25. The van der Waals surface area contributed by atoms with E-state index in [0.29, 0.717) is 0 Å². The summed E-state index contributed by atoms with van der Waals surface area (Å²) >= 11 is 3.49. The largest absolute Gasteiger partial charge is 0.316 e. The van der Waals surface area contributed by atoms with Gasteiger partial charge in [0.1, 0.15) is 0 Å². The Labute approximate surface area is 125 Å². The first-order valence-corrected chi connectivity index (χ1v) is 8.24. The van der Waals surface area contributed by atoms with E-state index in [1.807, 2.05) is 0 Å². The minimum Gasteiger partial charge on any atom is -0.316 e. The Morgan fingerprint density at radius 3 is 2.53 bits per heavy atom. The molecule has 0 saturated carbocycles. The lowest BCUT2D eigenvalue weighted by Gasteiger charge is -2.32. The van der Waals surface area contributed by atoms with Gasteiger partial charge in [0.2, 0.25) is 0 Å². The molecule has 1 heterocycles. The van der Waals surface area contributed by atoms with Gasteiger partial charge in [-0.3, -0.25) is 4.90 Å². The third-order valence-electron chi connectivity index (χ3n) is 3.89. The number of nitrogens with one attached hydrogen (secondary N) is 1. The zero-order valence-corrected chi connectivity index (χ0v) is 13.5. The first-order chi connectivity index (χ1) is 9.28. The molecular formula is C16H25BrN2. The van der Waals surface area contributed by atoms with Gasteiger partial charge in [-0.05, 0) is 69.1 Å². The number of halogens is 1. The van der Waals surface area contributed by atoms with Crippen molar-refractivity contribution in [1.29, 1.82) is 0 Å². The molecule has 19 heavy (non-hydrogen) atoms. The van der Waals surface area contributed by atoms with Crippen LogP contribution in [0.15, 0.2) is 28.7 Å². The summed E-state index contributed by atoms with van der Waals surface area (Å²) in [5.74, 6) is 0.882. The van der Waals surface area contributed by atoms with Crippen molar-refractivity contribution >= 4 is 15.9 Å². The van der Waals surface area contributed by atoms with E-state index in [2.05, 4.69) is 57.3 Å². The molecule has 1 saturated heterocycles. The van der Waals surface area contributed by atoms with E-state index in [1.54, 1.807) is 0 Å². The molecule has 1 aliphatic heterocycles. The van der Waals surface area contributed by atoms with Gasteiger partial charge in [-0.25, -0.2) is 0 Å². The molecule has 1 aliphatic rings. The smallest absolute Gasteiger partial charge is 0.0233 e. The minimum atomic E-state index is 0.882. The van der Waals surface area contributed by atoms with Crippen LogP contribution in [0.5, 0.6) is 0 Å². The van der Waals surface area contributed by atoms with Crippen molar-refractivity contribution in [2.75, 3.05) is 26.2 Å². The second kappa shape index (κ2) is 8.03. The highest BCUT2D eigenvalue weighted by molar-refractivity contribution is 9.10. The molecule has 2 rings (SSSR count). The Morgan fingerprint density at radius 2 is 1.89 bits per heavy atom. The highest BCUT2D eigenvalue weighted by atomic mass is 79.9. The van der Waals surface area contributed by atoms with Gasteiger partial charge in [0, 0.05) is 11.0 Å². The molecule has 0 atom stereocenters. The summed E-state index contributed by atoms with van der Waals surface area (Å²) in [6, 6.07) is 8.71. The van der Waals surface area contributed by atoms with Gasteiger partial charge in [0.05, 0.1) is 0 Å². The number of benzene rings is 1. The fraction of sp³-hybridized carbons (Fsp3) is 0.625. The molecule has 1 N–H and O–H groups in total. The maximum absolute atomic E-state index is 3.55. The Bertz CT molecular complexity index is 356. The zero-order chi connectivity index (χ0) is 13.5. The van der Waals surface area contributed by atoms with E-state index in [-0.39, 0.29) is 0 Å². The third-order valence-corrected chi connectivity index (χ3v) is 4.42. The molecular weight excluding hydrogens is 300 g/mol. The van der Waals surface area contributed by atoms with Crippen LogP contribution in [0.1, 0.15) is 31.7 Å². The molecule has 0 unspecified atom stereocenters. The van der Waals surface area contributed by atoms with Crippen LogP contribution in [0.25, 0.3) is 0 Å². The highest BCUT2D eigenvalue weighted by Crippen LogP contribution is 2.19. The Kier molecular flexibility index (Phi) is 6.35. The van der Waals surface area contributed by atoms with Gasteiger partial charge in [-0.15, -0.1) is 0 Å². The summed E-state index contributed by atoms with van der Waals surface area (Å²) < 4.78 is 1.16. The van der Waals surface area contributed by atoms with Gasteiger partial charge in [0.25, 0.3) is 0 Å². The summed E-state index contributed by atoms with van der Waals surface area (Å²) in [6.07, 6.45) is 3.92. The summed E-state index contributed by atoms with van der Waals surface area (Å²) in [5, 5.41) is 3.55. The van der Waals surface area contributed by atoms with Crippen LogP contribution in [0.4, 0.5) is 0 Å². The van der Waals surface area contributed by atoms with Gasteiger partial charge in [0.15, 0.2) is 0 Å². The molecule has 106 valence electrons. The lowest BCUT2D eigenvalue weighted by atomic mass is 9.96. The zero-order valence-electron chi connectivity index (χ0n) is 11.9. The van der Waals surface area contributed by atoms with Crippen LogP contribution in [-0.4, -0.2) is 31.1 Å². The molecule has 0 bridgehead atoms. The van der Waals surface area contributed by atoms with Crippen LogP contribution in [0, 0.1) is 5.92 Å². The summed E-state index contributed by atoms with van der Waals surface area (Å²) in [4.78, 5) is 2.58. The lowest BCUT2D eigenvalue weighted by molar-refractivity contribution is 0.175. The maximum atomic E-state index is 3.55. The monoisotopic (exact) mass is 324 g/mol. The van der Waals surface area contributed by atoms with Crippen LogP contribution in [0.3, 0.4) is 0 Å². The molecule has 0 spiro atoms. The standard InChI is InChI=1S/C16H25BrN2/c1-2-9-18-12-14-7-10-19(11-8-14)13-15-3-5-16(17)6-4-15/h3-6,14,18H,2,7-13H2,1H3. The number of hydrogen-bond donors (Lipinski definition) is 1. The molecule has 1 fully saturated rings. The van der Waals surface area contributed by atoms with E-state index in [1.165, 1.54) is 51.0 Å². The van der Waals surface area contributed by atoms with Crippen LogP contribution < -0.4 is 5.32 Å². The van der Waals surface area contributed by atoms with E-state index in [4.69, 9.17) is 0 Å². The number of nitrogens with zero attached hydrogens (tertiary/aromatic N) is 1. The Morgan fingerprint density at radius 1 is 1.21 bits per heavy atom. The van der Waals surface area contributed by atoms with Crippen LogP contribution in [-0.2, 0) is 6.54 Å². The molecule has 0 radical (unpaired) electrons. The lowest BCUT2D eigenvalue weighted by Crippen LogP contribution is -2.37. The first-order valence-electron chi connectivity index (χ1n) is 7.45. The molecule has 0 amide bonds. The number of likely N-dealkylation sites (tertiary alicyclic amines) is 1. The SMILES string of the molecule is CCCNCC1CCN(Cc2ccc(Br)cc2)CC1. The predicted molar refractivity (Wildman–Crippen MR) is 85.3 cm³/mol. The van der Waals surface area contributed by atoms with Crippen molar-refractivity contribution in [1.82, 2.24) is 10.2 Å². The first kappa shape index (κ1) is 15.0. The maximum Gasteiger partial charge on any atom is 0.0233 e. The number of hydrogen-bond acceptors (Lipinski definition) is 2. The molecule has 1 aromatic rings. The van der Waals surface area contributed by atoms with Crippen LogP contribution in [0.2, 0.25) is 0 Å². The number of rotatable bonds is 6. The summed E-state index contributed by atoms with van der Waals surface area (Å²) in [5.41, 5.74) is 1.42. The average Bonchev–Trinajstić information content (AvgIpc) is 2.44. The Hall–Kier alpha value is -0.380. The number of piperidine rings is 1. The van der Waals surface area contributed by atoms with Crippen molar-refractivity contribution in [3.63, 3.8) is 0 Å². The highest BCUT2D eigenvalue weighted by Gasteiger charge is 2.18. The molecule has 2 nitrogen and oxygen atoms in total. The molecule has 1 aromatic carbocycles. The van der Waals surface area contributed by atoms with E-state index in [9.17, 15) is 0 Å². The predicted octanol–water partition coefficient (Wildman–Crippen LogP) is 3.66. The van der Waals surface area contributed by atoms with Crippen molar-refractivity contribution < 1.29 is 0 Å². The van der Waals surface area contributed by atoms with Gasteiger partial charge in [-0.2, -0.15) is 0 Å². The molecule has 3 heteroatoms. The van der Waals surface area contributed by atoms with E-state index in [0.717, 1.165) is 16.9 Å². The van der Waals surface area contributed by atoms with Crippen molar-refractivity contribution in [3.8, 4) is 0 Å². The topological polar surface area (TPSA) is 15.3 Å². The second-order valence-corrected chi connectivity index (χ2v) is 6.47. The average molecular weight is 325 g/mol. The fourth-order valence-corrected chi connectivity index (χ4v) is 2.94. The van der Waals surface area contributed by atoms with Crippen LogP contribution >= 0.6 is 15.9 Å². The van der Waals surface area contributed by atoms with Gasteiger partial charge < -0.3 is 5.32 Å². The fourth-order valence-electron chi connectivity index (χ4n) is 2.68. The quantitative estimate of drug-likeness (QED) is 0.803. The van der Waals surface area contributed by atoms with Crippen molar-refractivity contribution in [2.24, 2.45) is 5.92 Å². The van der Waals surface area contributed by atoms with Gasteiger partial charge in [-0.1, -0.05) is 35.0 Å². The van der Waals surface area contributed by atoms with E-state index < -0.39 is 0 Å². The van der Waals surface area contributed by atoms with E-state index >= 15 is 0 Å². The molecule has 0 aromatic heterocycles. The Balaban J connectivity index is 1.69. The van der Waals surface area contributed by atoms with Gasteiger partial charge >= 0.3 is 0 Å². The van der Waals surface area contributed by atoms with Crippen molar-refractivity contribution in [3.05, 3.63) is 34.3 Å². The minimum absolute atomic E-state index is 0.882. The molecule has 0 aliphatic carbocycles. The second-order valence-electron chi connectivity index (χ2n) is 5.55. The normalized spacial score (nSPS) is 17.8.